The molecule has 25 heavy (non-hydrogen) atoms. The van der Waals surface area contributed by atoms with Gasteiger partial charge in [0.25, 0.3) is 5.91 Å². The summed E-state index contributed by atoms with van der Waals surface area (Å²) in [7, 11) is -3.51. The van der Waals surface area contributed by atoms with Gasteiger partial charge in [-0.3, -0.25) is 4.79 Å². The Labute approximate surface area is 153 Å². The number of benzene rings is 1. The molecule has 0 saturated carbocycles. The van der Waals surface area contributed by atoms with E-state index in [1.165, 1.54) is 9.71 Å². The monoisotopic (exact) mass is 384 g/mol. The van der Waals surface area contributed by atoms with E-state index < -0.39 is 10.0 Å². The van der Waals surface area contributed by atoms with E-state index in [0.29, 0.717) is 37.8 Å². The van der Waals surface area contributed by atoms with Crippen molar-refractivity contribution in [3.05, 3.63) is 40.3 Å². The summed E-state index contributed by atoms with van der Waals surface area (Å²) in [4.78, 5) is 14.0. The molecule has 2 heterocycles. The topological polar surface area (TPSA) is 66.9 Å². The van der Waals surface area contributed by atoms with Crippen molar-refractivity contribution in [2.75, 3.05) is 32.8 Å². The van der Waals surface area contributed by atoms with E-state index in [2.05, 4.69) is 0 Å². The second kappa shape index (κ2) is 7.86. The molecule has 0 N–H and O–H groups in total. The second-order valence-corrected chi connectivity index (χ2v) is 8.38. The summed E-state index contributed by atoms with van der Waals surface area (Å²) in [6, 6.07) is 6.94. The lowest BCUT2D eigenvalue weighted by Crippen LogP contribution is -2.52. The van der Waals surface area contributed by atoms with Crippen LogP contribution in [0.2, 0.25) is 5.02 Å². The molecule has 0 radical (unpaired) electrons. The molecule has 2 fully saturated rings. The molecule has 0 spiro atoms. The Morgan fingerprint density at radius 2 is 1.84 bits per heavy atom. The van der Waals surface area contributed by atoms with Gasteiger partial charge in [-0.05, 0) is 36.6 Å². The largest absolute Gasteiger partial charge is 0.368 e. The average Bonchev–Trinajstić information content (AvgIpc) is 3.15. The van der Waals surface area contributed by atoms with Gasteiger partial charge < -0.3 is 9.64 Å². The van der Waals surface area contributed by atoms with Gasteiger partial charge in [-0.2, -0.15) is 4.31 Å². The summed E-state index contributed by atoms with van der Waals surface area (Å²) in [5, 5.41) is 1.81. The fourth-order valence-electron chi connectivity index (χ4n) is 2.96. The lowest BCUT2D eigenvalue weighted by molar-refractivity contribution is -0.142. The molecule has 6 nitrogen and oxygen atoms in total. The smallest absolute Gasteiger partial charge is 0.251 e. The van der Waals surface area contributed by atoms with Gasteiger partial charge in [-0.1, -0.05) is 23.7 Å². The number of nitrogens with zero attached hydrogens (tertiary/aromatic N) is 2. The molecule has 2 aliphatic rings. The van der Waals surface area contributed by atoms with Crippen LogP contribution in [0.5, 0.6) is 0 Å². The Hall–Kier alpha value is -1.41. The maximum Gasteiger partial charge on any atom is 0.251 e. The molecule has 1 unspecified atom stereocenters. The van der Waals surface area contributed by atoms with Gasteiger partial charge in [0, 0.05) is 43.2 Å². The standard InChI is InChI=1S/C17H21ClN2O4S/c18-15-5-3-14(4-6-15)7-13-25(22,23)20-10-8-19(9-11-20)17(21)16-2-1-12-24-16/h3-7,13,16H,1-2,8-12H2. The number of carbonyl (C=O) groups is 1. The zero-order valence-electron chi connectivity index (χ0n) is 13.8. The van der Waals surface area contributed by atoms with Crippen LogP contribution in [-0.4, -0.2) is 62.4 Å². The molecule has 1 amide bonds. The molecule has 1 atom stereocenters. The molecule has 1 aromatic rings. The Kier molecular flexibility index (Phi) is 5.78. The third-order valence-electron chi connectivity index (χ3n) is 4.42. The SMILES string of the molecule is O=C(C1CCCO1)N1CCN(S(=O)(=O)C=Cc2ccc(Cl)cc2)CC1. The van der Waals surface area contributed by atoms with Crippen molar-refractivity contribution in [3.63, 3.8) is 0 Å². The van der Waals surface area contributed by atoms with Crippen LogP contribution in [0.3, 0.4) is 0 Å². The van der Waals surface area contributed by atoms with Crippen LogP contribution >= 0.6 is 11.6 Å². The number of piperazine rings is 1. The summed E-state index contributed by atoms with van der Waals surface area (Å²) in [5.41, 5.74) is 0.764. The van der Waals surface area contributed by atoms with Crippen LogP contribution < -0.4 is 0 Å². The first kappa shape index (κ1) is 18.4. The first-order valence-electron chi connectivity index (χ1n) is 8.30. The number of halogens is 1. The minimum absolute atomic E-state index is 0.0220. The number of rotatable bonds is 4. The zero-order chi connectivity index (χ0) is 17.9. The third-order valence-corrected chi connectivity index (χ3v) is 6.23. The average molecular weight is 385 g/mol. The summed E-state index contributed by atoms with van der Waals surface area (Å²) in [6.07, 6.45) is 2.85. The second-order valence-electron chi connectivity index (χ2n) is 6.13. The van der Waals surface area contributed by atoms with E-state index in [1.54, 1.807) is 35.2 Å². The van der Waals surface area contributed by atoms with Gasteiger partial charge in [-0.25, -0.2) is 8.42 Å². The molecule has 2 saturated heterocycles. The molecular formula is C17H21ClN2O4S. The summed E-state index contributed by atoms with van der Waals surface area (Å²) >= 11 is 5.82. The fraction of sp³-hybridized carbons (Fsp3) is 0.471. The van der Waals surface area contributed by atoms with Crippen LogP contribution in [0.1, 0.15) is 18.4 Å². The van der Waals surface area contributed by atoms with Crippen molar-refractivity contribution in [2.24, 2.45) is 0 Å². The molecule has 2 aliphatic heterocycles. The lowest BCUT2D eigenvalue weighted by atomic mass is 10.2. The van der Waals surface area contributed by atoms with Crippen LogP contribution in [-0.2, 0) is 19.6 Å². The van der Waals surface area contributed by atoms with Gasteiger partial charge in [-0.15, -0.1) is 0 Å². The number of ether oxygens (including phenoxy) is 1. The van der Waals surface area contributed by atoms with Crippen LogP contribution in [0.4, 0.5) is 0 Å². The Morgan fingerprint density at radius 3 is 2.44 bits per heavy atom. The highest BCUT2D eigenvalue weighted by Crippen LogP contribution is 2.18. The summed E-state index contributed by atoms with van der Waals surface area (Å²) in [6.45, 7) is 2.01. The van der Waals surface area contributed by atoms with Gasteiger partial charge >= 0.3 is 0 Å². The minimum Gasteiger partial charge on any atom is -0.368 e. The Balaban J connectivity index is 1.57. The molecule has 3 rings (SSSR count). The third kappa shape index (κ3) is 4.61. The Bertz CT molecular complexity index is 734. The maximum absolute atomic E-state index is 12.4. The fourth-order valence-corrected chi connectivity index (χ4v) is 4.26. The quantitative estimate of drug-likeness (QED) is 0.795. The number of sulfonamides is 1. The van der Waals surface area contributed by atoms with E-state index >= 15 is 0 Å². The van der Waals surface area contributed by atoms with Crippen molar-refractivity contribution in [1.82, 2.24) is 9.21 Å². The highest BCUT2D eigenvalue weighted by Gasteiger charge is 2.32. The molecule has 0 bridgehead atoms. The van der Waals surface area contributed by atoms with Crippen LogP contribution in [0.15, 0.2) is 29.7 Å². The van der Waals surface area contributed by atoms with Crippen molar-refractivity contribution < 1.29 is 17.9 Å². The van der Waals surface area contributed by atoms with Crippen LogP contribution in [0, 0.1) is 0 Å². The molecule has 0 aliphatic carbocycles. The van der Waals surface area contributed by atoms with Gasteiger partial charge in [0.1, 0.15) is 6.10 Å². The first-order chi connectivity index (χ1) is 12.0. The van der Waals surface area contributed by atoms with E-state index in [1.807, 2.05) is 0 Å². The summed E-state index contributed by atoms with van der Waals surface area (Å²) in [5.74, 6) is -0.0220. The summed E-state index contributed by atoms with van der Waals surface area (Å²) < 4.78 is 31.7. The van der Waals surface area contributed by atoms with Crippen molar-refractivity contribution >= 4 is 33.6 Å². The molecule has 0 aromatic heterocycles. The maximum atomic E-state index is 12.4. The van der Waals surface area contributed by atoms with Gasteiger partial charge in [0.05, 0.1) is 0 Å². The molecule has 1 aromatic carbocycles. The van der Waals surface area contributed by atoms with Crippen molar-refractivity contribution in [2.45, 2.75) is 18.9 Å². The van der Waals surface area contributed by atoms with Crippen LogP contribution in [0.25, 0.3) is 6.08 Å². The number of hydrogen-bond acceptors (Lipinski definition) is 4. The van der Waals surface area contributed by atoms with Crippen molar-refractivity contribution in [1.29, 1.82) is 0 Å². The lowest BCUT2D eigenvalue weighted by Gasteiger charge is -2.34. The van der Waals surface area contributed by atoms with E-state index in [-0.39, 0.29) is 12.0 Å². The predicted octanol–water partition coefficient (Wildman–Crippen LogP) is 1.96. The molecular weight excluding hydrogens is 364 g/mol. The van der Waals surface area contributed by atoms with Gasteiger partial charge in [0.2, 0.25) is 10.0 Å². The molecule has 136 valence electrons. The van der Waals surface area contributed by atoms with Crippen molar-refractivity contribution in [3.8, 4) is 0 Å². The molecule has 8 heteroatoms. The normalized spacial score (nSPS) is 22.6. The van der Waals surface area contributed by atoms with E-state index in [9.17, 15) is 13.2 Å². The highest BCUT2D eigenvalue weighted by atomic mass is 35.5. The van der Waals surface area contributed by atoms with Gasteiger partial charge in [0.15, 0.2) is 0 Å². The van der Waals surface area contributed by atoms with E-state index in [0.717, 1.165) is 18.4 Å². The number of amides is 1. The minimum atomic E-state index is -3.51. The Morgan fingerprint density at radius 1 is 1.16 bits per heavy atom. The first-order valence-corrected chi connectivity index (χ1v) is 10.2. The van der Waals surface area contributed by atoms with E-state index in [4.69, 9.17) is 16.3 Å². The number of carbonyl (C=O) groups excluding carboxylic acids is 1. The highest BCUT2D eigenvalue weighted by molar-refractivity contribution is 7.92. The number of hydrogen-bond donors (Lipinski definition) is 0. The zero-order valence-corrected chi connectivity index (χ0v) is 15.4. The predicted molar refractivity (Wildman–Crippen MR) is 96.5 cm³/mol.